The van der Waals surface area contributed by atoms with Gasteiger partial charge >= 0.3 is 0 Å². The number of nitrogens with one attached hydrogen (secondary N) is 1. The zero-order chi connectivity index (χ0) is 19.2. The van der Waals surface area contributed by atoms with E-state index in [1.165, 1.54) is 4.68 Å². The van der Waals surface area contributed by atoms with E-state index in [-0.39, 0.29) is 11.6 Å². The van der Waals surface area contributed by atoms with Crippen LogP contribution in [-0.4, -0.2) is 41.7 Å². The molecule has 0 aliphatic rings. The van der Waals surface area contributed by atoms with Crippen molar-refractivity contribution in [3.8, 4) is 17.2 Å². The first-order valence-electron chi connectivity index (χ1n) is 8.28. The maximum Gasteiger partial charge on any atom is 0.273 e. The summed E-state index contributed by atoms with van der Waals surface area (Å²) in [6.07, 6.45) is 2.19. The van der Waals surface area contributed by atoms with Crippen LogP contribution in [-0.2, 0) is 6.42 Å². The van der Waals surface area contributed by atoms with Crippen LogP contribution in [0.1, 0.15) is 16.1 Å². The van der Waals surface area contributed by atoms with Crippen molar-refractivity contribution in [1.29, 1.82) is 0 Å². The lowest BCUT2D eigenvalue weighted by Gasteiger charge is -2.09. The lowest BCUT2D eigenvalue weighted by atomic mass is 10.1. The monoisotopic (exact) mass is 386 g/mol. The first-order valence-corrected chi connectivity index (χ1v) is 8.66. The van der Waals surface area contributed by atoms with E-state index in [1.807, 2.05) is 30.3 Å². The maximum atomic E-state index is 12.3. The molecule has 2 aromatic carbocycles. The molecule has 0 spiro atoms. The van der Waals surface area contributed by atoms with Crippen LogP contribution >= 0.6 is 11.6 Å². The van der Waals surface area contributed by atoms with Gasteiger partial charge in [-0.3, -0.25) is 4.79 Å². The van der Waals surface area contributed by atoms with Gasteiger partial charge in [-0.15, -0.1) is 5.10 Å². The van der Waals surface area contributed by atoms with E-state index < -0.39 is 0 Å². The van der Waals surface area contributed by atoms with E-state index in [0.717, 1.165) is 5.56 Å². The molecule has 1 aromatic heterocycles. The van der Waals surface area contributed by atoms with Gasteiger partial charge < -0.3 is 14.8 Å². The molecule has 0 aliphatic heterocycles. The first kappa shape index (κ1) is 18.7. The summed E-state index contributed by atoms with van der Waals surface area (Å²) in [4.78, 5) is 12.3. The Hall–Kier alpha value is -3.06. The fraction of sp³-hybridized carbons (Fsp3) is 0.211. The minimum atomic E-state index is -0.297. The Morgan fingerprint density at radius 2 is 1.93 bits per heavy atom. The van der Waals surface area contributed by atoms with Crippen LogP contribution in [0.25, 0.3) is 5.69 Å². The Kier molecular flexibility index (Phi) is 5.93. The topological polar surface area (TPSA) is 78.3 Å². The predicted octanol–water partition coefficient (Wildman–Crippen LogP) is 2.91. The zero-order valence-electron chi connectivity index (χ0n) is 15.0. The number of ether oxygens (including phenoxy) is 2. The molecular weight excluding hydrogens is 368 g/mol. The summed E-state index contributed by atoms with van der Waals surface area (Å²) in [5.74, 6) is 1.03. The van der Waals surface area contributed by atoms with Crippen molar-refractivity contribution in [3.63, 3.8) is 0 Å². The summed E-state index contributed by atoms with van der Waals surface area (Å²) in [5.41, 5.74) is 1.91. The van der Waals surface area contributed by atoms with Crippen molar-refractivity contribution in [2.24, 2.45) is 0 Å². The van der Waals surface area contributed by atoms with E-state index in [0.29, 0.717) is 35.2 Å². The fourth-order valence-electron chi connectivity index (χ4n) is 2.57. The van der Waals surface area contributed by atoms with Gasteiger partial charge in [0, 0.05) is 6.54 Å². The highest BCUT2D eigenvalue weighted by Gasteiger charge is 2.12. The summed E-state index contributed by atoms with van der Waals surface area (Å²) < 4.78 is 12.0. The van der Waals surface area contributed by atoms with Crippen LogP contribution in [0.5, 0.6) is 11.5 Å². The fourth-order valence-corrected chi connectivity index (χ4v) is 2.79. The molecule has 3 aromatic rings. The quantitative estimate of drug-likeness (QED) is 0.675. The average molecular weight is 387 g/mol. The third kappa shape index (κ3) is 4.38. The van der Waals surface area contributed by atoms with Gasteiger partial charge in [0.2, 0.25) is 0 Å². The summed E-state index contributed by atoms with van der Waals surface area (Å²) in [6.45, 7) is 0.452. The number of aromatic nitrogens is 3. The Morgan fingerprint density at radius 3 is 2.67 bits per heavy atom. The number of amides is 1. The van der Waals surface area contributed by atoms with Gasteiger partial charge in [-0.05, 0) is 36.2 Å². The molecule has 1 heterocycles. The van der Waals surface area contributed by atoms with E-state index in [9.17, 15) is 4.79 Å². The average Bonchev–Trinajstić information content (AvgIpc) is 3.18. The number of methoxy groups -OCH3 is 2. The lowest BCUT2D eigenvalue weighted by Crippen LogP contribution is -2.26. The Balaban J connectivity index is 1.60. The molecule has 140 valence electrons. The number of carbonyl (C=O) groups is 1. The van der Waals surface area contributed by atoms with E-state index in [1.54, 1.807) is 32.5 Å². The van der Waals surface area contributed by atoms with Crippen molar-refractivity contribution in [2.45, 2.75) is 6.42 Å². The normalized spacial score (nSPS) is 10.5. The molecule has 0 unspecified atom stereocenters. The minimum absolute atomic E-state index is 0.224. The van der Waals surface area contributed by atoms with Crippen LogP contribution in [0.2, 0.25) is 5.02 Å². The lowest BCUT2D eigenvalue weighted by molar-refractivity contribution is 0.0949. The number of hydrogen-bond acceptors (Lipinski definition) is 5. The molecular formula is C19H19ClN4O3. The second-order valence-electron chi connectivity index (χ2n) is 5.70. The molecule has 0 saturated carbocycles. The second kappa shape index (κ2) is 8.55. The third-order valence-electron chi connectivity index (χ3n) is 3.97. The largest absolute Gasteiger partial charge is 0.493 e. The number of para-hydroxylation sites is 1. The Bertz CT molecular complexity index is 942. The Morgan fingerprint density at radius 1 is 1.15 bits per heavy atom. The van der Waals surface area contributed by atoms with Gasteiger partial charge in [0.1, 0.15) is 0 Å². The van der Waals surface area contributed by atoms with Crippen molar-refractivity contribution in [3.05, 3.63) is 64.9 Å². The molecule has 0 bridgehead atoms. The SMILES string of the molecule is COc1ccc(CCNC(=O)c2cn(-c3ccccc3Cl)nn2)cc1OC. The number of carbonyl (C=O) groups excluding carboxylic acids is 1. The second-order valence-corrected chi connectivity index (χ2v) is 6.10. The maximum absolute atomic E-state index is 12.3. The molecule has 1 amide bonds. The molecule has 0 atom stereocenters. The zero-order valence-corrected chi connectivity index (χ0v) is 15.7. The van der Waals surface area contributed by atoms with Crippen LogP contribution in [0.3, 0.4) is 0 Å². The number of hydrogen-bond donors (Lipinski definition) is 1. The molecule has 8 heteroatoms. The van der Waals surface area contributed by atoms with Crippen molar-refractivity contribution in [2.75, 3.05) is 20.8 Å². The molecule has 3 rings (SSSR count). The molecule has 0 fully saturated rings. The standard InChI is InChI=1S/C19H19ClN4O3/c1-26-17-8-7-13(11-18(17)27-2)9-10-21-19(25)15-12-24(23-22-15)16-6-4-3-5-14(16)20/h3-8,11-12H,9-10H2,1-2H3,(H,21,25). The van der Waals surface area contributed by atoms with E-state index >= 15 is 0 Å². The van der Waals surface area contributed by atoms with E-state index in [4.69, 9.17) is 21.1 Å². The predicted molar refractivity (Wildman–Crippen MR) is 102 cm³/mol. The molecule has 0 saturated heterocycles. The number of rotatable bonds is 7. The molecule has 27 heavy (non-hydrogen) atoms. The Labute approximate surface area is 161 Å². The third-order valence-corrected chi connectivity index (χ3v) is 4.29. The van der Waals surface area contributed by atoms with Gasteiger partial charge in [-0.1, -0.05) is 35.0 Å². The summed E-state index contributed by atoms with van der Waals surface area (Å²) in [5, 5.41) is 11.2. The van der Waals surface area contributed by atoms with Crippen LogP contribution < -0.4 is 14.8 Å². The number of nitrogens with zero attached hydrogens (tertiary/aromatic N) is 3. The highest BCUT2D eigenvalue weighted by Crippen LogP contribution is 2.27. The minimum Gasteiger partial charge on any atom is -0.493 e. The summed E-state index contributed by atoms with van der Waals surface area (Å²) in [6, 6.07) is 12.9. The summed E-state index contributed by atoms with van der Waals surface area (Å²) in [7, 11) is 3.18. The van der Waals surface area contributed by atoms with Gasteiger partial charge in [0.05, 0.1) is 31.1 Å². The molecule has 0 radical (unpaired) electrons. The van der Waals surface area contributed by atoms with E-state index in [2.05, 4.69) is 15.6 Å². The highest BCUT2D eigenvalue weighted by atomic mass is 35.5. The van der Waals surface area contributed by atoms with Gasteiger partial charge in [-0.25, -0.2) is 4.68 Å². The first-order chi connectivity index (χ1) is 13.1. The highest BCUT2D eigenvalue weighted by molar-refractivity contribution is 6.32. The molecule has 7 nitrogen and oxygen atoms in total. The van der Waals surface area contributed by atoms with Crippen LogP contribution in [0.15, 0.2) is 48.7 Å². The van der Waals surface area contributed by atoms with Crippen LogP contribution in [0.4, 0.5) is 0 Å². The number of benzene rings is 2. The van der Waals surface area contributed by atoms with Gasteiger partial charge in [0.15, 0.2) is 17.2 Å². The summed E-state index contributed by atoms with van der Waals surface area (Å²) >= 11 is 6.14. The van der Waals surface area contributed by atoms with Crippen molar-refractivity contribution >= 4 is 17.5 Å². The molecule has 0 aliphatic carbocycles. The van der Waals surface area contributed by atoms with Crippen LogP contribution in [0, 0.1) is 0 Å². The van der Waals surface area contributed by atoms with Gasteiger partial charge in [-0.2, -0.15) is 0 Å². The van der Waals surface area contributed by atoms with Crippen molar-refractivity contribution in [1.82, 2.24) is 20.3 Å². The van der Waals surface area contributed by atoms with Gasteiger partial charge in [0.25, 0.3) is 5.91 Å². The van der Waals surface area contributed by atoms with Crippen molar-refractivity contribution < 1.29 is 14.3 Å². The molecule has 1 N–H and O–H groups in total. The number of halogens is 1. The smallest absolute Gasteiger partial charge is 0.273 e.